The second-order valence-corrected chi connectivity index (χ2v) is 3.29. The van der Waals surface area contributed by atoms with E-state index < -0.39 is 11.5 Å². The molecule has 1 aliphatic rings. The van der Waals surface area contributed by atoms with Crippen LogP contribution in [0.5, 0.6) is 0 Å². The molecule has 9 heavy (non-hydrogen) atoms. The lowest BCUT2D eigenvalue weighted by atomic mass is 10.2. The first-order valence-corrected chi connectivity index (χ1v) is 3.23. The molecule has 0 saturated heterocycles. The number of rotatable bonds is 2. The fourth-order valence-electron chi connectivity index (χ4n) is 0.936. The molecule has 3 heteroatoms. The maximum atomic E-state index is 11.9. The van der Waals surface area contributed by atoms with Crippen LogP contribution in [0.25, 0.3) is 0 Å². The Morgan fingerprint density at radius 1 is 2.00 bits per heavy atom. The van der Waals surface area contributed by atoms with E-state index >= 15 is 0 Å². The molecule has 0 heterocycles. The molecule has 0 aromatic carbocycles. The van der Waals surface area contributed by atoms with Gasteiger partial charge >= 0.3 is 0 Å². The van der Waals surface area contributed by atoms with Crippen molar-refractivity contribution in [3.63, 3.8) is 0 Å². The molecule has 0 aliphatic heterocycles. The van der Waals surface area contributed by atoms with E-state index in [-0.39, 0.29) is 11.7 Å². The lowest BCUT2D eigenvalue weighted by Crippen LogP contribution is -2.09. The minimum Gasteiger partial charge on any atom is -0.300 e. The number of hydrogen-bond acceptors (Lipinski definition) is 1. The van der Waals surface area contributed by atoms with E-state index in [1.54, 1.807) is 0 Å². The second kappa shape index (κ2) is 1.94. The molecule has 0 bridgehead atoms. The smallest absolute Gasteiger partial charge is 0.134 e. The zero-order valence-corrected chi connectivity index (χ0v) is 5.91. The van der Waals surface area contributed by atoms with Gasteiger partial charge in [0.15, 0.2) is 0 Å². The van der Waals surface area contributed by atoms with Crippen LogP contribution in [0.1, 0.15) is 13.3 Å². The van der Waals surface area contributed by atoms with Gasteiger partial charge in [0.1, 0.15) is 12.5 Å². The average molecular weight is 151 g/mol. The Labute approximate surface area is 58.2 Å². The van der Waals surface area contributed by atoms with E-state index in [0.717, 1.165) is 0 Å². The Bertz CT molecular complexity index is 148. The van der Waals surface area contributed by atoms with Gasteiger partial charge in [0, 0.05) is 5.92 Å². The Balaban J connectivity index is 2.48. The maximum Gasteiger partial charge on any atom is 0.134 e. The van der Waals surface area contributed by atoms with Gasteiger partial charge in [-0.15, -0.1) is 11.6 Å². The fraction of sp³-hybridized carbons (Fsp3) is 0.833. The van der Waals surface area contributed by atoms with Gasteiger partial charge in [0.25, 0.3) is 0 Å². The van der Waals surface area contributed by atoms with Crippen molar-refractivity contribution in [2.24, 2.45) is 5.92 Å². The zero-order chi connectivity index (χ0) is 7.07. The van der Waals surface area contributed by atoms with Gasteiger partial charge in [-0.2, -0.15) is 0 Å². The molecule has 52 valence electrons. The van der Waals surface area contributed by atoms with Crippen LogP contribution < -0.4 is 0 Å². The van der Waals surface area contributed by atoms with E-state index in [1.165, 1.54) is 6.92 Å². The maximum absolute atomic E-state index is 11.9. The highest BCUT2D eigenvalue weighted by molar-refractivity contribution is 6.28. The third-order valence-electron chi connectivity index (χ3n) is 1.72. The van der Waals surface area contributed by atoms with E-state index in [4.69, 9.17) is 11.6 Å². The first kappa shape index (κ1) is 7.00. The molecular weight excluding hydrogens is 143 g/mol. The molecule has 1 aliphatic carbocycles. The van der Waals surface area contributed by atoms with E-state index in [0.29, 0.717) is 6.42 Å². The number of alkyl halides is 2. The van der Waals surface area contributed by atoms with Crippen LogP contribution in [0.4, 0.5) is 4.39 Å². The van der Waals surface area contributed by atoms with Crippen molar-refractivity contribution in [1.29, 1.82) is 0 Å². The summed E-state index contributed by atoms with van der Waals surface area (Å²) in [7, 11) is 0. The fourth-order valence-corrected chi connectivity index (χ4v) is 1.24. The number of carbonyl (C=O) groups is 1. The molecule has 0 N–H and O–H groups in total. The quantitative estimate of drug-likeness (QED) is 0.546. The normalized spacial score (nSPS) is 40.6. The molecule has 1 saturated carbocycles. The van der Waals surface area contributed by atoms with Gasteiger partial charge < -0.3 is 0 Å². The Kier molecular flexibility index (Phi) is 1.51. The highest BCUT2D eigenvalue weighted by Crippen LogP contribution is 2.50. The van der Waals surface area contributed by atoms with E-state index in [1.807, 2.05) is 0 Å². The van der Waals surface area contributed by atoms with Gasteiger partial charge in [-0.05, 0) is 13.3 Å². The van der Waals surface area contributed by atoms with Gasteiger partial charge in [0.2, 0.25) is 0 Å². The van der Waals surface area contributed by atoms with Crippen LogP contribution in [0, 0.1) is 5.92 Å². The molecule has 0 amide bonds. The van der Waals surface area contributed by atoms with E-state index in [9.17, 15) is 9.18 Å². The summed E-state index contributed by atoms with van der Waals surface area (Å²) in [6.45, 7) is 0.864. The number of hydrogen-bond donors (Lipinski definition) is 0. The molecule has 1 rings (SSSR count). The summed E-state index contributed by atoms with van der Waals surface area (Å²) in [5.41, 5.74) is 0. The largest absolute Gasteiger partial charge is 0.300 e. The first-order valence-electron chi connectivity index (χ1n) is 2.85. The minimum absolute atomic E-state index is 0.00245. The van der Waals surface area contributed by atoms with Gasteiger partial charge in [-0.25, -0.2) is 4.39 Å². The topological polar surface area (TPSA) is 17.1 Å². The first-order chi connectivity index (χ1) is 4.10. The molecule has 1 fully saturated rings. The minimum atomic E-state index is -0.814. The summed E-state index contributed by atoms with van der Waals surface area (Å²) >= 11 is 5.59. The van der Waals surface area contributed by atoms with Gasteiger partial charge in [-0.3, -0.25) is 4.79 Å². The second-order valence-electron chi connectivity index (χ2n) is 2.54. The summed E-state index contributed by atoms with van der Waals surface area (Å²) < 4.78 is 11.9. The number of ketones is 1. The van der Waals surface area contributed by atoms with Crippen LogP contribution in [0.15, 0.2) is 0 Å². The summed E-state index contributed by atoms with van der Waals surface area (Å²) in [6.07, 6.45) is 0.514. The van der Waals surface area contributed by atoms with Crippen LogP contribution in [-0.4, -0.2) is 17.3 Å². The van der Waals surface area contributed by atoms with Crippen LogP contribution in [0.2, 0.25) is 0 Å². The molecule has 0 radical (unpaired) electrons. The molecule has 2 unspecified atom stereocenters. The van der Waals surface area contributed by atoms with Crippen molar-refractivity contribution >= 4 is 17.4 Å². The standard InChI is InChI=1S/C6H8ClFO/c1-4(9)5-2-6(5,7)3-8/h5H,2-3H2,1H3. The highest BCUT2D eigenvalue weighted by Gasteiger charge is 2.55. The van der Waals surface area contributed by atoms with Crippen molar-refractivity contribution in [2.45, 2.75) is 18.2 Å². The predicted octanol–water partition coefficient (Wildman–Crippen LogP) is 1.54. The predicted molar refractivity (Wildman–Crippen MR) is 33.3 cm³/mol. The Morgan fingerprint density at radius 3 is 2.67 bits per heavy atom. The van der Waals surface area contributed by atoms with Crippen molar-refractivity contribution in [3.05, 3.63) is 0 Å². The summed E-state index contributed by atoms with van der Waals surface area (Å²) in [4.78, 5) is 9.72. The highest BCUT2D eigenvalue weighted by atomic mass is 35.5. The summed E-state index contributed by atoms with van der Waals surface area (Å²) in [5.74, 6) is -0.216. The summed E-state index contributed by atoms with van der Waals surface area (Å²) in [6, 6.07) is 0. The lowest BCUT2D eigenvalue weighted by molar-refractivity contribution is -0.118. The van der Waals surface area contributed by atoms with Crippen molar-refractivity contribution in [2.75, 3.05) is 6.67 Å². The van der Waals surface area contributed by atoms with Gasteiger partial charge in [-0.1, -0.05) is 0 Å². The molecule has 1 nitrogen and oxygen atoms in total. The van der Waals surface area contributed by atoms with Crippen molar-refractivity contribution in [3.8, 4) is 0 Å². The third-order valence-corrected chi connectivity index (χ3v) is 2.24. The Morgan fingerprint density at radius 2 is 2.56 bits per heavy atom. The summed E-state index contributed by atoms with van der Waals surface area (Å²) in [5, 5.41) is 0. The van der Waals surface area contributed by atoms with Crippen LogP contribution in [0.3, 0.4) is 0 Å². The van der Waals surface area contributed by atoms with Crippen molar-refractivity contribution < 1.29 is 9.18 Å². The SMILES string of the molecule is CC(=O)C1CC1(Cl)CF. The van der Waals surface area contributed by atoms with Gasteiger partial charge in [0.05, 0.1) is 4.87 Å². The average Bonchev–Trinajstić information content (AvgIpc) is 2.44. The molecule has 2 atom stereocenters. The zero-order valence-electron chi connectivity index (χ0n) is 5.16. The Hall–Kier alpha value is -0.110. The molecular formula is C6H8ClFO. The number of carbonyl (C=O) groups excluding carboxylic acids is 1. The molecule has 0 aromatic heterocycles. The van der Waals surface area contributed by atoms with Crippen LogP contribution in [-0.2, 0) is 4.79 Å². The lowest BCUT2D eigenvalue weighted by Gasteiger charge is -1.97. The van der Waals surface area contributed by atoms with E-state index in [2.05, 4.69) is 0 Å². The molecule has 0 spiro atoms. The molecule has 0 aromatic rings. The third kappa shape index (κ3) is 1.08. The van der Waals surface area contributed by atoms with Crippen molar-refractivity contribution in [1.82, 2.24) is 0 Å². The monoisotopic (exact) mass is 150 g/mol. The van der Waals surface area contributed by atoms with Crippen LogP contribution >= 0.6 is 11.6 Å². The number of Topliss-reactive ketones (excluding diaryl/α,β-unsaturated/α-hetero) is 1. The number of halogens is 2.